The van der Waals surface area contributed by atoms with Gasteiger partial charge in [-0.05, 0) is 102 Å². The third-order valence-corrected chi connectivity index (χ3v) is 13.5. The van der Waals surface area contributed by atoms with Crippen molar-refractivity contribution < 1.29 is 53.4 Å². The third-order valence-electron chi connectivity index (χ3n) is 12.8. The summed E-state index contributed by atoms with van der Waals surface area (Å²) in [6.45, 7) is 1.51. The maximum atomic E-state index is 14.9. The number of para-hydroxylation sites is 1. The van der Waals surface area contributed by atoms with Gasteiger partial charge in [-0.3, -0.25) is 43.2 Å². The summed E-state index contributed by atoms with van der Waals surface area (Å²) in [5.41, 5.74) is 20.4. The van der Waals surface area contributed by atoms with Crippen LogP contribution in [0.2, 0.25) is 0 Å². The fourth-order valence-electron chi connectivity index (χ4n) is 8.58. The number of unbranched alkanes of at least 4 members (excludes halogenated alkanes) is 1. The first kappa shape index (κ1) is 62.1. The van der Waals surface area contributed by atoms with Gasteiger partial charge in [0.1, 0.15) is 36.3 Å². The van der Waals surface area contributed by atoms with Gasteiger partial charge in [-0.1, -0.05) is 91.0 Å². The monoisotopic (exact) mass is 1200 g/mol. The van der Waals surface area contributed by atoms with E-state index in [1.807, 2.05) is 30.3 Å². The second-order valence-corrected chi connectivity index (χ2v) is 20.4. The van der Waals surface area contributed by atoms with Crippen molar-refractivity contribution in [1.82, 2.24) is 42.2 Å². The normalized spacial score (nSPS) is 14.1. The number of aromatic nitrogens is 1. The number of aliphatic hydroxyl groups is 1. The molecule has 0 fully saturated rings. The average Bonchev–Trinajstić information content (AvgIpc) is 3.83. The molecule has 0 aliphatic heterocycles. The number of aromatic amines is 1. The lowest BCUT2D eigenvalue weighted by atomic mass is 10.00. The summed E-state index contributed by atoms with van der Waals surface area (Å²) < 4.78 is 0.923. The molecule has 16 N–H and O–H groups in total. The van der Waals surface area contributed by atoms with Crippen molar-refractivity contribution in [3.05, 3.63) is 141 Å². The SMILES string of the molecule is C[C@@H](O)[C@H](NC(=O)[C@H](CCCCN)NC(=O)[C@@H](Cc1c[nH]c2ccccc12)NC(=O)[C@H](Cc1ccccc1)NC(=O)[C@H](Cc1ccccc1)NC(=O)[C@@H](N)CC(N)=O)C(=O)N[C@@H](Cc1ccc(I)cc1)C(=O)NCCCC(=O)O. The number of aliphatic carboxylic acids is 1. The molecule has 0 aliphatic rings. The molecule has 0 saturated carbocycles. The molecule has 1 aromatic heterocycles. The van der Waals surface area contributed by atoms with Gasteiger partial charge in [0.05, 0.1) is 18.6 Å². The molecule has 0 unspecified atom stereocenters. The Morgan fingerprint density at radius 3 is 1.59 bits per heavy atom. The minimum atomic E-state index is -1.65. The second-order valence-electron chi connectivity index (χ2n) is 19.2. The zero-order chi connectivity index (χ0) is 57.4. The van der Waals surface area contributed by atoms with Gasteiger partial charge >= 0.3 is 5.97 Å². The number of halogens is 1. The van der Waals surface area contributed by atoms with Crippen LogP contribution in [0.4, 0.5) is 0 Å². The Morgan fingerprint density at radius 1 is 0.570 bits per heavy atom. The first-order chi connectivity index (χ1) is 37.8. The van der Waals surface area contributed by atoms with Gasteiger partial charge in [0.15, 0.2) is 0 Å². The molecular weight excluding hydrogens is 1130 g/mol. The Hall–Kier alpha value is -7.74. The van der Waals surface area contributed by atoms with Gasteiger partial charge in [-0.2, -0.15) is 0 Å². The van der Waals surface area contributed by atoms with E-state index >= 15 is 0 Å². The van der Waals surface area contributed by atoms with Crippen LogP contribution in [0.3, 0.4) is 0 Å². The molecule has 22 nitrogen and oxygen atoms in total. The highest BCUT2D eigenvalue weighted by molar-refractivity contribution is 14.1. The Labute approximate surface area is 471 Å². The molecular formula is C56H70IN11O11. The van der Waals surface area contributed by atoms with Crippen molar-refractivity contribution in [1.29, 1.82) is 0 Å². The van der Waals surface area contributed by atoms with Crippen molar-refractivity contribution in [2.45, 2.75) is 120 Å². The first-order valence-corrected chi connectivity index (χ1v) is 27.0. The average molecular weight is 1200 g/mol. The van der Waals surface area contributed by atoms with Crippen molar-refractivity contribution in [2.24, 2.45) is 17.2 Å². The minimum absolute atomic E-state index is 0.000265. The molecule has 5 rings (SSSR count). The van der Waals surface area contributed by atoms with Crippen LogP contribution < -0.4 is 54.4 Å². The maximum Gasteiger partial charge on any atom is 0.303 e. The molecule has 0 radical (unpaired) electrons. The van der Waals surface area contributed by atoms with Crippen LogP contribution in [0.1, 0.15) is 67.7 Å². The van der Waals surface area contributed by atoms with E-state index in [0.717, 1.165) is 14.5 Å². The number of rotatable bonds is 32. The van der Waals surface area contributed by atoms with Crippen molar-refractivity contribution >= 4 is 86.7 Å². The largest absolute Gasteiger partial charge is 0.481 e. The summed E-state index contributed by atoms with van der Waals surface area (Å²) >= 11 is 2.12. The number of primary amides is 1. The number of H-pyrrole nitrogens is 1. The quantitative estimate of drug-likeness (QED) is 0.0208. The number of hydrogen-bond donors (Lipinski definition) is 13. The molecule has 5 aromatic rings. The fourth-order valence-corrected chi connectivity index (χ4v) is 8.93. The van der Waals surface area contributed by atoms with Gasteiger partial charge in [0.25, 0.3) is 0 Å². The van der Waals surface area contributed by atoms with Crippen LogP contribution in [0, 0.1) is 3.57 Å². The number of carboxylic acids is 1. The van der Waals surface area contributed by atoms with E-state index in [1.165, 1.54) is 6.92 Å². The van der Waals surface area contributed by atoms with Crippen molar-refractivity contribution in [3.63, 3.8) is 0 Å². The molecule has 0 saturated heterocycles. The van der Waals surface area contributed by atoms with E-state index in [-0.39, 0.29) is 58.0 Å². The molecule has 1 heterocycles. The molecule has 8 amide bonds. The summed E-state index contributed by atoms with van der Waals surface area (Å²) in [5.74, 6) is -7.59. The van der Waals surface area contributed by atoms with E-state index in [4.69, 9.17) is 22.3 Å². The number of benzene rings is 4. The number of hydrogen-bond acceptors (Lipinski definition) is 12. The zero-order valence-corrected chi connectivity index (χ0v) is 45.9. The van der Waals surface area contributed by atoms with Gasteiger partial charge in [0, 0.05) is 59.3 Å². The molecule has 422 valence electrons. The minimum Gasteiger partial charge on any atom is -0.481 e. The van der Waals surface area contributed by atoms with Crippen molar-refractivity contribution in [3.8, 4) is 0 Å². The molecule has 8 atom stereocenters. The number of carbonyl (C=O) groups is 9. The number of fused-ring (bicyclic) bond motifs is 1. The molecule has 23 heteroatoms. The number of nitrogens with one attached hydrogen (secondary N) is 8. The van der Waals surface area contributed by atoms with E-state index in [0.29, 0.717) is 35.1 Å². The highest BCUT2D eigenvalue weighted by Gasteiger charge is 2.36. The summed E-state index contributed by atoms with van der Waals surface area (Å²) in [4.78, 5) is 125. The maximum absolute atomic E-state index is 14.9. The lowest BCUT2D eigenvalue weighted by Crippen LogP contribution is -2.62. The molecule has 0 bridgehead atoms. The molecule has 0 aliphatic carbocycles. The number of amides is 8. The highest BCUT2D eigenvalue weighted by Crippen LogP contribution is 2.20. The molecule has 79 heavy (non-hydrogen) atoms. The Bertz CT molecular complexity index is 2850. The van der Waals surface area contributed by atoms with E-state index < -0.39 is 108 Å². The van der Waals surface area contributed by atoms with Crippen LogP contribution in [0.5, 0.6) is 0 Å². The fraction of sp³-hybridized carbons (Fsp3) is 0.375. The molecule has 0 spiro atoms. The van der Waals surface area contributed by atoms with Crippen LogP contribution in [0.25, 0.3) is 10.9 Å². The standard InChI is InChI=1S/C56H70IN11O11/c1-33(69)49(56(79)67-43(29-36-21-23-38(57)24-22-36)51(74)61-26-12-20-48(71)72)68-52(75)42(19-10-11-25-58)63-55(78)46(30-37-32-62-41-18-9-8-17-39(37)41)66-54(77)45(28-35-15-6-3-7-16-35)65-53(76)44(27-34-13-4-2-5-14-34)64-50(73)40(59)31-47(60)70/h2-9,13-18,21-24,32-33,40,42-46,49,62,69H,10-12,19-20,25-31,58-59H2,1H3,(H2,60,70)(H,61,74)(H,63,78)(H,64,73)(H,65,76)(H,66,77)(H,67,79)(H,68,75)(H,71,72)/t33-,40+,42+,43+,44+,45+,46-,49+/m1/s1. The lowest BCUT2D eigenvalue weighted by molar-refractivity contribution is -0.137. The highest BCUT2D eigenvalue weighted by atomic mass is 127. The topological polar surface area (TPSA) is 372 Å². The number of aliphatic hydroxyl groups excluding tert-OH is 1. The lowest BCUT2D eigenvalue weighted by Gasteiger charge is -2.28. The van der Waals surface area contributed by atoms with Crippen LogP contribution in [-0.4, -0.2) is 130 Å². The Balaban J connectivity index is 1.44. The first-order valence-electron chi connectivity index (χ1n) is 25.9. The van der Waals surface area contributed by atoms with Crippen LogP contribution in [0.15, 0.2) is 115 Å². The number of carbonyl (C=O) groups excluding carboxylic acids is 8. The Morgan fingerprint density at radius 2 is 1.05 bits per heavy atom. The number of nitrogens with two attached hydrogens (primary N) is 3. The summed E-state index contributed by atoms with van der Waals surface area (Å²) in [6, 6.07) is 22.2. The number of carboxylic acid groups (broad SMARTS) is 1. The smallest absolute Gasteiger partial charge is 0.303 e. The van der Waals surface area contributed by atoms with Gasteiger partial charge in [0.2, 0.25) is 47.3 Å². The third kappa shape index (κ3) is 20.5. The summed E-state index contributed by atoms with van der Waals surface area (Å²) in [6.07, 6.45) is 0.0705. The van der Waals surface area contributed by atoms with Crippen molar-refractivity contribution in [2.75, 3.05) is 13.1 Å². The van der Waals surface area contributed by atoms with E-state index in [9.17, 15) is 48.3 Å². The summed E-state index contributed by atoms with van der Waals surface area (Å²) in [7, 11) is 0. The van der Waals surface area contributed by atoms with E-state index in [1.54, 1.807) is 85.1 Å². The van der Waals surface area contributed by atoms with Crippen LogP contribution >= 0.6 is 22.6 Å². The zero-order valence-electron chi connectivity index (χ0n) is 43.8. The van der Waals surface area contributed by atoms with Gasteiger partial charge < -0.3 is 69.6 Å². The second kappa shape index (κ2) is 31.6. The summed E-state index contributed by atoms with van der Waals surface area (Å²) in [5, 5.41) is 39.6. The van der Waals surface area contributed by atoms with Gasteiger partial charge in [-0.25, -0.2) is 0 Å². The predicted molar refractivity (Wildman–Crippen MR) is 303 cm³/mol. The van der Waals surface area contributed by atoms with Gasteiger partial charge in [-0.15, -0.1) is 0 Å². The Kier molecular flexibility index (Phi) is 24.8. The predicted octanol–water partition coefficient (Wildman–Crippen LogP) is 0.645. The van der Waals surface area contributed by atoms with Crippen LogP contribution in [-0.2, 0) is 68.8 Å². The van der Waals surface area contributed by atoms with E-state index in [2.05, 4.69) is 64.8 Å². The molecule has 4 aromatic carbocycles.